The minimum absolute atomic E-state index is 0.129. The summed E-state index contributed by atoms with van der Waals surface area (Å²) in [5, 5.41) is 15.1. The first-order valence-electron chi connectivity index (χ1n) is 8.41. The lowest BCUT2D eigenvalue weighted by Crippen LogP contribution is -2.52. The van der Waals surface area contributed by atoms with Crippen LogP contribution in [0.4, 0.5) is 0 Å². The van der Waals surface area contributed by atoms with Gasteiger partial charge in [0.1, 0.15) is 12.1 Å². The fourth-order valence-electron chi connectivity index (χ4n) is 2.79. The largest absolute Gasteiger partial charge is 0.480 e. The van der Waals surface area contributed by atoms with E-state index in [1.807, 2.05) is 24.3 Å². The third-order valence-electron chi connectivity index (χ3n) is 4.09. The molecular weight excluding hydrogens is 352 g/mol. The fraction of sp³-hybridized carbons (Fsp3) is 0.333. The van der Waals surface area contributed by atoms with Crippen LogP contribution in [0.3, 0.4) is 0 Å². The molecule has 1 aromatic heterocycles. The van der Waals surface area contributed by atoms with Crippen molar-refractivity contribution in [1.29, 1.82) is 0 Å². The number of aromatic amines is 1. The van der Waals surface area contributed by atoms with Crippen LogP contribution in [0, 0.1) is 0 Å². The molecule has 6 N–H and O–H groups in total. The number of hydrogen-bond donors (Lipinski definition) is 5. The van der Waals surface area contributed by atoms with Crippen molar-refractivity contribution in [3.8, 4) is 0 Å². The Bertz CT molecular complexity index is 860. The number of benzene rings is 1. The Balaban J connectivity index is 2.16. The Labute approximate surface area is 155 Å². The van der Waals surface area contributed by atoms with Gasteiger partial charge in [-0.05, 0) is 18.1 Å². The van der Waals surface area contributed by atoms with Gasteiger partial charge in [0.15, 0.2) is 0 Å². The third kappa shape index (κ3) is 5.56. The molecule has 9 nitrogen and oxygen atoms in total. The first-order chi connectivity index (χ1) is 12.8. The topological polar surface area (TPSA) is 154 Å². The van der Waals surface area contributed by atoms with Crippen molar-refractivity contribution >= 4 is 34.6 Å². The second-order valence-electron chi connectivity index (χ2n) is 6.22. The zero-order valence-corrected chi connectivity index (χ0v) is 14.8. The Morgan fingerprint density at radius 1 is 1.15 bits per heavy atom. The number of amides is 3. The molecule has 1 heterocycles. The lowest BCUT2D eigenvalue weighted by atomic mass is 10.0. The number of hydrogen-bond acceptors (Lipinski definition) is 4. The smallest absolute Gasteiger partial charge is 0.326 e. The minimum atomic E-state index is -1.28. The summed E-state index contributed by atoms with van der Waals surface area (Å²) >= 11 is 0. The zero-order chi connectivity index (χ0) is 20.0. The summed E-state index contributed by atoms with van der Waals surface area (Å²) in [6, 6.07) is 5.27. The van der Waals surface area contributed by atoms with Gasteiger partial charge in [-0.1, -0.05) is 18.2 Å². The summed E-state index contributed by atoms with van der Waals surface area (Å²) in [5.41, 5.74) is 6.73. The van der Waals surface area contributed by atoms with Gasteiger partial charge in [-0.2, -0.15) is 0 Å². The van der Waals surface area contributed by atoms with Gasteiger partial charge in [0.25, 0.3) is 0 Å². The van der Waals surface area contributed by atoms with Gasteiger partial charge >= 0.3 is 5.97 Å². The highest BCUT2D eigenvalue weighted by atomic mass is 16.4. The maximum Gasteiger partial charge on any atom is 0.326 e. The average molecular weight is 374 g/mol. The molecule has 0 saturated heterocycles. The van der Waals surface area contributed by atoms with E-state index in [1.165, 1.54) is 6.92 Å². The molecule has 0 radical (unpaired) electrons. The van der Waals surface area contributed by atoms with Crippen molar-refractivity contribution < 1.29 is 24.3 Å². The molecule has 0 spiro atoms. The number of nitrogens with one attached hydrogen (secondary N) is 3. The number of carbonyl (C=O) groups excluding carboxylic acids is 3. The number of carboxylic acid groups (broad SMARTS) is 1. The summed E-state index contributed by atoms with van der Waals surface area (Å²) in [4.78, 5) is 49.4. The van der Waals surface area contributed by atoms with Crippen molar-refractivity contribution in [3.63, 3.8) is 0 Å². The van der Waals surface area contributed by atoms with Gasteiger partial charge in [-0.15, -0.1) is 0 Å². The van der Waals surface area contributed by atoms with E-state index in [-0.39, 0.29) is 19.3 Å². The van der Waals surface area contributed by atoms with E-state index in [1.54, 1.807) is 6.20 Å². The molecule has 0 bridgehead atoms. The summed E-state index contributed by atoms with van der Waals surface area (Å²) in [6.45, 7) is 1.28. The molecule has 2 aromatic rings. The highest BCUT2D eigenvalue weighted by Crippen LogP contribution is 2.19. The average Bonchev–Trinajstić information content (AvgIpc) is 3.00. The zero-order valence-electron chi connectivity index (χ0n) is 14.8. The predicted molar refractivity (Wildman–Crippen MR) is 97.6 cm³/mol. The number of aliphatic carboxylic acids is 1. The Kier molecular flexibility index (Phi) is 6.53. The molecule has 0 aliphatic heterocycles. The van der Waals surface area contributed by atoms with Gasteiger partial charge < -0.3 is 26.5 Å². The molecular formula is C18H22N4O5. The van der Waals surface area contributed by atoms with Gasteiger partial charge in [-0.3, -0.25) is 14.4 Å². The second kappa shape index (κ2) is 8.84. The Morgan fingerprint density at radius 3 is 2.48 bits per heavy atom. The molecule has 9 heteroatoms. The van der Waals surface area contributed by atoms with Crippen LogP contribution in [0.5, 0.6) is 0 Å². The van der Waals surface area contributed by atoms with Crippen LogP contribution in [0.15, 0.2) is 30.5 Å². The van der Waals surface area contributed by atoms with E-state index in [0.29, 0.717) is 0 Å². The predicted octanol–water partition coefficient (Wildman–Crippen LogP) is 0.0500. The van der Waals surface area contributed by atoms with Crippen LogP contribution >= 0.6 is 0 Å². The van der Waals surface area contributed by atoms with Crippen LogP contribution in [0.25, 0.3) is 10.9 Å². The molecule has 0 saturated carbocycles. The first kappa shape index (κ1) is 20.0. The number of primary amides is 1. The highest BCUT2D eigenvalue weighted by molar-refractivity contribution is 5.91. The molecule has 2 atom stereocenters. The highest BCUT2D eigenvalue weighted by Gasteiger charge is 2.27. The van der Waals surface area contributed by atoms with E-state index < -0.39 is 35.8 Å². The molecule has 0 fully saturated rings. The van der Waals surface area contributed by atoms with Crippen molar-refractivity contribution in [2.45, 2.75) is 38.3 Å². The normalized spacial score (nSPS) is 12.9. The van der Waals surface area contributed by atoms with E-state index >= 15 is 0 Å². The molecule has 144 valence electrons. The maximum atomic E-state index is 12.6. The summed E-state index contributed by atoms with van der Waals surface area (Å²) in [5.74, 6) is -3.00. The van der Waals surface area contributed by atoms with E-state index in [9.17, 15) is 24.3 Å². The maximum absolute atomic E-state index is 12.6. The van der Waals surface area contributed by atoms with Crippen molar-refractivity contribution in [3.05, 3.63) is 36.0 Å². The number of H-pyrrole nitrogens is 1. The Hall–Kier alpha value is -3.36. The molecule has 1 aromatic carbocycles. The number of aromatic nitrogens is 1. The van der Waals surface area contributed by atoms with Gasteiger partial charge in [0.05, 0.1) is 0 Å². The molecule has 0 aliphatic carbocycles. The second-order valence-corrected chi connectivity index (χ2v) is 6.22. The van der Waals surface area contributed by atoms with Crippen molar-refractivity contribution in [2.75, 3.05) is 0 Å². The first-order valence-corrected chi connectivity index (χ1v) is 8.41. The standard InChI is InChI=1S/C18H22N4O5/c1-10(23)21-15(8-11-9-20-13-5-3-2-4-12(11)13)17(25)22-14(18(26)27)6-7-16(19)24/h2-5,9,14-15,20H,6-8H2,1H3,(H2,19,24)(H,21,23)(H,22,25)(H,26,27)/t14-,15?/m0/s1. The number of para-hydroxylation sites is 1. The Morgan fingerprint density at radius 2 is 1.85 bits per heavy atom. The number of carbonyl (C=O) groups is 4. The third-order valence-corrected chi connectivity index (χ3v) is 4.09. The molecule has 2 rings (SSSR count). The summed E-state index contributed by atoms with van der Waals surface area (Å²) in [7, 11) is 0. The number of carboxylic acids is 1. The van der Waals surface area contributed by atoms with Crippen LogP contribution in [0.1, 0.15) is 25.3 Å². The minimum Gasteiger partial charge on any atom is -0.480 e. The van der Waals surface area contributed by atoms with Gasteiger partial charge in [-0.25, -0.2) is 4.79 Å². The van der Waals surface area contributed by atoms with Crippen molar-refractivity contribution in [2.24, 2.45) is 5.73 Å². The molecule has 1 unspecified atom stereocenters. The van der Waals surface area contributed by atoms with Crippen molar-refractivity contribution in [1.82, 2.24) is 15.6 Å². The van der Waals surface area contributed by atoms with Crippen LogP contribution in [0.2, 0.25) is 0 Å². The SMILES string of the molecule is CC(=O)NC(Cc1c[nH]c2ccccc12)C(=O)N[C@@H](CCC(N)=O)C(=O)O. The quantitative estimate of drug-likeness (QED) is 0.419. The van der Waals surface area contributed by atoms with E-state index in [0.717, 1.165) is 16.5 Å². The van der Waals surface area contributed by atoms with Crippen LogP contribution in [-0.4, -0.2) is 45.9 Å². The number of nitrogens with two attached hydrogens (primary N) is 1. The molecule has 0 aliphatic rings. The van der Waals surface area contributed by atoms with Gasteiger partial charge in [0.2, 0.25) is 17.7 Å². The molecule has 3 amide bonds. The van der Waals surface area contributed by atoms with E-state index in [2.05, 4.69) is 15.6 Å². The monoisotopic (exact) mass is 374 g/mol. The summed E-state index contributed by atoms with van der Waals surface area (Å²) < 4.78 is 0. The van der Waals surface area contributed by atoms with Gasteiger partial charge in [0, 0.05) is 36.9 Å². The number of fused-ring (bicyclic) bond motifs is 1. The fourth-order valence-corrected chi connectivity index (χ4v) is 2.79. The van der Waals surface area contributed by atoms with Crippen LogP contribution in [-0.2, 0) is 25.6 Å². The number of rotatable bonds is 9. The lowest BCUT2D eigenvalue weighted by Gasteiger charge is -2.20. The lowest BCUT2D eigenvalue weighted by molar-refractivity contribution is -0.142. The van der Waals surface area contributed by atoms with Crippen LogP contribution < -0.4 is 16.4 Å². The summed E-state index contributed by atoms with van der Waals surface area (Å²) in [6.07, 6.45) is 1.62. The van der Waals surface area contributed by atoms with E-state index in [4.69, 9.17) is 5.73 Å². The molecule has 27 heavy (non-hydrogen) atoms.